The van der Waals surface area contributed by atoms with E-state index in [0.717, 1.165) is 12.5 Å². The quantitative estimate of drug-likeness (QED) is 0.562. The highest BCUT2D eigenvalue weighted by molar-refractivity contribution is 6.04. The third-order valence-electron chi connectivity index (χ3n) is 6.17. The highest BCUT2D eigenvalue weighted by Crippen LogP contribution is 2.43. The van der Waals surface area contributed by atoms with Crippen LogP contribution >= 0.6 is 0 Å². The molecule has 35 heavy (non-hydrogen) atoms. The van der Waals surface area contributed by atoms with Gasteiger partial charge >= 0.3 is 0 Å². The molecule has 10 heteroatoms. The van der Waals surface area contributed by atoms with E-state index in [9.17, 15) is 19.1 Å². The van der Waals surface area contributed by atoms with E-state index in [-0.39, 0.29) is 29.4 Å². The molecule has 2 aliphatic rings. The number of ether oxygens (including phenoxy) is 2. The van der Waals surface area contributed by atoms with Crippen molar-refractivity contribution in [2.24, 2.45) is 7.05 Å². The number of aryl methyl sites for hydroxylation is 1. The van der Waals surface area contributed by atoms with Crippen LogP contribution in [-0.2, 0) is 13.5 Å². The molecule has 2 aliphatic heterocycles. The average molecular weight is 480 g/mol. The molecule has 182 valence electrons. The number of nitrogens with zero attached hydrogens (tertiary/aromatic N) is 3. The van der Waals surface area contributed by atoms with Gasteiger partial charge in [0.25, 0.3) is 11.8 Å². The maximum absolute atomic E-state index is 14.8. The van der Waals surface area contributed by atoms with Crippen molar-refractivity contribution in [2.45, 2.75) is 25.4 Å². The number of aliphatic hydroxyl groups is 1. The number of fused-ring (bicyclic) bond motifs is 1. The largest absolute Gasteiger partial charge is 0.484 e. The van der Waals surface area contributed by atoms with Gasteiger partial charge in [0.1, 0.15) is 28.7 Å². The van der Waals surface area contributed by atoms with E-state index in [4.69, 9.17) is 9.47 Å². The number of likely N-dealkylation sites (tertiary alicyclic amines) is 1. The zero-order valence-electron chi connectivity index (χ0n) is 19.4. The fourth-order valence-corrected chi connectivity index (χ4v) is 4.09. The van der Waals surface area contributed by atoms with E-state index in [0.29, 0.717) is 42.4 Å². The van der Waals surface area contributed by atoms with Crippen molar-refractivity contribution in [3.8, 4) is 17.2 Å². The fraction of sp³-hybridized carbons (Fsp3) is 0.320. The predicted octanol–water partition coefficient (Wildman–Crippen LogP) is 3.14. The highest BCUT2D eigenvalue weighted by atomic mass is 19.1. The molecule has 1 fully saturated rings. The van der Waals surface area contributed by atoms with Crippen LogP contribution in [-0.4, -0.2) is 56.9 Å². The van der Waals surface area contributed by atoms with Gasteiger partial charge in [-0.25, -0.2) is 4.39 Å². The van der Waals surface area contributed by atoms with E-state index < -0.39 is 17.3 Å². The normalized spacial score (nSPS) is 18.5. The zero-order valence-corrected chi connectivity index (χ0v) is 19.4. The van der Waals surface area contributed by atoms with Crippen LogP contribution in [0.1, 0.15) is 39.6 Å². The Bertz CT molecular complexity index is 1320. The van der Waals surface area contributed by atoms with E-state index >= 15 is 0 Å². The lowest BCUT2D eigenvalue weighted by Crippen LogP contribution is -2.42. The Morgan fingerprint density at radius 1 is 1.26 bits per heavy atom. The summed E-state index contributed by atoms with van der Waals surface area (Å²) in [5, 5.41) is 16.7. The lowest BCUT2D eigenvalue weighted by Gasteiger charge is -2.31. The van der Waals surface area contributed by atoms with Crippen LogP contribution in [0.3, 0.4) is 0 Å². The SMILES string of the molecule is Cn1ccc(NC(=O)c2cc(Oc3ccc(C(=O)N4CCC4)c(F)c3)c3c(c2)OC(C)(CO)C3)n1. The first-order valence-electron chi connectivity index (χ1n) is 11.3. The van der Waals surface area contributed by atoms with Gasteiger partial charge < -0.3 is 24.8 Å². The summed E-state index contributed by atoms with van der Waals surface area (Å²) in [5.41, 5.74) is 0.00520. The lowest BCUT2D eigenvalue weighted by molar-refractivity contribution is 0.0445. The van der Waals surface area contributed by atoms with Crippen molar-refractivity contribution in [2.75, 3.05) is 25.0 Å². The van der Waals surface area contributed by atoms with Gasteiger partial charge in [-0.2, -0.15) is 5.10 Å². The van der Waals surface area contributed by atoms with Crippen LogP contribution < -0.4 is 14.8 Å². The number of amides is 2. The molecule has 0 spiro atoms. The molecule has 1 aromatic heterocycles. The second-order valence-corrected chi connectivity index (χ2v) is 9.06. The average Bonchev–Trinajstić information content (AvgIpc) is 3.35. The number of anilines is 1. The summed E-state index contributed by atoms with van der Waals surface area (Å²) in [6, 6.07) is 8.86. The number of rotatable bonds is 6. The Morgan fingerprint density at radius 2 is 2.06 bits per heavy atom. The molecule has 1 atom stereocenters. The van der Waals surface area contributed by atoms with Crippen molar-refractivity contribution in [1.29, 1.82) is 0 Å². The summed E-state index contributed by atoms with van der Waals surface area (Å²) < 4.78 is 28.3. The van der Waals surface area contributed by atoms with Crippen LogP contribution in [0, 0.1) is 5.82 Å². The van der Waals surface area contributed by atoms with Gasteiger partial charge in [0.15, 0.2) is 5.82 Å². The molecule has 0 bridgehead atoms. The summed E-state index contributed by atoms with van der Waals surface area (Å²) in [4.78, 5) is 26.9. The molecule has 5 rings (SSSR count). The molecule has 0 aliphatic carbocycles. The topological polar surface area (TPSA) is 106 Å². The van der Waals surface area contributed by atoms with E-state index in [1.54, 1.807) is 47.9 Å². The number of nitrogens with one attached hydrogen (secondary N) is 1. The van der Waals surface area contributed by atoms with Crippen LogP contribution in [0.15, 0.2) is 42.6 Å². The first-order valence-corrected chi connectivity index (χ1v) is 11.3. The Labute approximate surface area is 201 Å². The standard InChI is InChI=1S/C25H25FN4O5/c1-25(14-31)13-18-20(34-16-4-5-17(19(26)12-16)24(33)30-7-3-8-30)10-15(11-21(18)35-25)23(32)27-22-6-9-29(2)28-22/h4-6,9-12,31H,3,7-8,13-14H2,1-2H3,(H,27,28,32). The summed E-state index contributed by atoms with van der Waals surface area (Å²) in [5.74, 6) is -0.213. The van der Waals surface area contributed by atoms with Gasteiger partial charge in [0.2, 0.25) is 0 Å². The third kappa shape index (κ3) is 4.44. The van der Waals surface area contributed by atoms with Gasteiger partial charge in [0, 0.05) is 56.0 Å². The van der Waals surface area contributed by atoms with Gasteiger partial charge in [-0.05, 0) is 37.6 Å². The molecule has 1 unspecified atom stereocenters. The smallest absolute Gasteiger partial charge is 0.257 e. The first-order chi connectivity index (χ1) is 16.7. The van der Waals surface area contributed by atoms with Crippen molar-refractivity contribution in [3.63, 3.8) is 0 Å². The Kier molecular flexibility index (Phi) is 5.68. The number of carbonyl (C=O) groups excluding carboxylic acids is 2. The van der Waals surface area contributed by atoms with Gasteiger partial charge in [-0.3, -0.25) is 14.3 Å². The highest BCUT2D eigenvalue weighted by Gasteiger charge is 2.37. The number of aliphatic hydroxyl groups excluding tert-OH is 1. The number of halogens is 1. The summed E-state index contributed by atoms with van der Waals surface area (Å²) in [6.07, 6.45) is 2.96. The zero-order chi connectivity index (χ0) is 24.7. The summed E-state index contributed by atoms with van der Waals surface area (Å²) in [6.45, 7) is 2.76. The second kappa shape index (κ2) is 8.70. The predicted molar refractivity (Wildman–Crippen MR) is 124 cm³/mol. The van der Waals surface area contributed by atoms with Gasteiger partial charge in [0.05, 0.1) is 12.2 Å². The van der Waals surface area contributed by atoms with E-state index in [1.807, 2.05) is 0 Å². The van der Waals surface area contributed by atoms with Crippen molar-refractivity contribution >= 4 is 17.6 Å². The lowest BCUT2D eigenvalue weighted by atomic mass is 9.98. The van der Waals surface area contributed by atoms with Crippen molar-refractivity contribution in [3.05, 3.63) is 65.1 Å². The monoisotopic (exact) mass is 480 g/mol. The molecular weight excluding hydrogens is 455 g/mol. The molecule has 2 aromatic carbocycles. The summed E-state index contributed by atoms with van der Waals surface area (Å²) >= 11 is 0. The molecule has 0 radical (unpaired) electrons. The molecule has 1 saturated heterocycles. The fourth-order valence-electron chi connectivity index (χ4n) is 4.09. The number of benzene rings is 2. The number of carbonyl (C=O) groups is 2. The molecule has 3 heterocycles. The van der Waals surface area contributed by atoms with Gasteiger partial charge in [-0.1, -0.05) is 0 Å². The van der Waals surface area contributed by atoms with Gasteiger partial charge in [-0.15, -0.1) is 0 Å². The maximum Gasteiger partial charge on any atom is 0.257 e. The Balaban J connectivity index is 1.45. The molecule has 0 saturated carbocycles. The van der Waals surface area contributed by atoms with Crippen molar-refractivity contribution < 1.29 is 28.6 Å². The number of aromatic nitrogens is 2. The molecule has 2 amide bonds. The minimum atomic E-state index is -0.880. The van der Waals surface area contributed by atoms with Crippen LogP contribution in [0.5, 0.6) is 17.2 Å². The summed E-state index contributed by atoms with van der Waals surface area (Å²) in [7, 11) is 1.74. The number of hydrogen-bond donors (Lipinski definition) is 2. The van der Waals surface area contributed by atoms with Crippen LogP contribution in [0.2, 0.25) is 0 Å². The van der Waals surface area contributed by atoms with Crippen LogP contribution in [0.4, 0.5) is 10.2 Å². The minimum absolute atomic E-state index is 0.0121. The Hall–Kier alpha value is -3.92. The molecule has 2 N–H and O–H groups in total. The minimum Gasteiger partial charge on any atom is -0.484 e. The Morgan fingerprint density at radius 3 is 2.69 bits per heavy atom. The van der Waals surface area contributed by atoms with Crippen LogP contribution in [0.25, 0.3) is 0 Å². The molecule has 3 aromatic rings. The first kappa shape index (κ1) is 22.9. The van der Waals surface area contributed by atoms with E-state index in [1.165, 1.54) is 12.1 Å². The number of hydrogen-bond acceptors (Lipinski definition) is 6. The third-order valence-corrected chi connectivity index (χ3v) is 6.17. The second-order valence-electron chi connectivity index (χ2n) is 9.06. The molecule has 9 nitrogen and oxygen atoms in total. The van der Waals surface area contributed by atoms with Crippen molar-refractivity contribution in [1.82, 2.24) is 14.7 Å². The maximum atomic E-state index is 14.8. The van der Waals surface area contributed by atoms with E-state index in [2.05, 4.69) is 10.4 Å². The molecular formula is C25H25FN4O5.